The maximum atomic E-state index is 11.2. The summed E-state index contributed by atoms with van der Waals surface area (Å²) in [5.41, 5.74) is 1.54. The number of aromatic hydroxyl groups is 1. The van der Waals surface area contributed by atoms with Crippen LogP contribution in [-0.4, -0.2) is 10.0 Å². The molecule has 0 radical (unpaired) electrons. The van der Waals surface area contributed by atoms with Gasteiger partial charge < -0.3 is 5.11 Å². The van der Waals surface area contributed by atoms with Gasteiger partial charge in [-0.2, -0.15) is 0 Å². The third kappa shape index (κ3) is 7.25. The normalized spacial score (nSPS) is 12.3. The number of unbranched alkanes of at least 4 members (excludes halogenated alkanes) is 5. The molecule has 0 heterocycles. The van der Waals surface area contributed by atoms with Crippen molar-refractivity contribution in [2.75, 3.05) is 0 Å². The van der Waals surface area contributed by atoms with E-state index in [-0.39, 0.29) is 17.1 Å². The lowest BCUT2D eigenvalue weighted by molar-refractivity contribution is -0.384. The lowest BCUT2D eigenvalue weighted by Gasteiger charge is -2.17. The minimum Gasteiger partial charge on any atom is -0.506 e. The number of azo groups is 1. The Kier molecular flexibility index (Phi) is 9.98. The van der Waals surface area contributed by atoms with Gasteiger partial charge in [-0.25, -0.2) is 0 Å². The van der Waals surface area contributed by atoms with E-state index in [0.717, 1.165) is 24.8 Å². The van der Waals surface area contributed by atoms with Crippen molar-refractivity contribution in [3.8, 4) is 5.75 Å². The first kappa shape index (κ1) is 23.5. The van der Waals surface area contributed by atoms with Gasteiger partial charge in [0.15, 0.2) is 5.69 Å². The Balaban J connectivity index is 2.12. The number of rotatable bonds is 13. The molecule has 0 aliphatic heterocycles. The third-order valence-corrected chi connectivity index (χ3v) is 5.36. The first-order chi connectivity index (χ1) is 14.6. The summed E-state index contributed by atoms with van der Waals surface area (Å²) < 4.78 is 0. The van der Waals surface area contributed by atoms with E-state index in [0.29, 0.717) is 11.6 Å². The maximum Gasteiger partial charge on any atom is 0.296 e. The summed E-state index contributed by atoms with van der Waals surface area (Å²) in [7, 11) is 0. The van der Waals surface area contributed by atoms with Crippen molar-refractivity contribution >= 4 is 17.1 Å². The zero-order chi connectivity index (χ0) is 21.8. The molecule has 0 bridgehead atoms. The highest BCUT2D eigenvalue weighted by atomic mass is 16.6. The summed E-state index contributed by atoms with van der Waals surface area (Å²) in [5.74, 6) is 0.442. The predicted octanol–water partition coefficient (Wildman–Crippen LogP) is 8.35. The van der Waals surface area contributed by atoms with Gasteiger partial charge in [-0.1, -0.05) is 77.0 Å². The van der Waals surface area contributed by atoms with Crippen LogP contribution in [0.3, 0.4) is 0 Å². The van der Waals surface area contributed by atoms with E-state index in [2.05, 4.69) is 24.1 Å². The Morgan fingerprint density at radius 2 is 1.60 bits per heavy atom. The summed E-state index contributed by atoms with van der Waals surface area (Å²) >= 11 is 0. The topological polar surface area (TPSA) is 88.1 Å². The van der Waals surface area contributed by atoms with Gasteiger partial charge in [-0.05, 0) is 42.5 Å². The monoisotopic (exact) mass is 411 g/mol. The van der Waals surface area contributed by atoms with Gasteiger partial charge in [0, 0.05) is 6.07 Å². The fourth-order valence-electron chi connectivity index (χ4n) is 3.68. The molecule has 2 aromatic carbocycles. The van der Waals surface area contributed by atoms with Gasteiger partial charge in [0.1, 0.15) is 11.4 Å². The van der Waals surface area contributed by atoms with Gasteiger partial charge in [-0.15, -0.1) is 10.2 Å². The first-order valence-corrected chi connectivity index (χ1v) is 11.0. The van der Waals surface area contributed by atoms with E-state index in [1.54, 1.807) is 24.3 Å². The van der Waals surface area contributed by atoms with Crippen molar-refractivity contribution in [3.05, 3.63) is 58.1 Å². The van der Waals surface area contributed by atoms with Crippen LogP contribution >= 0.6 is 0 Å². The SMILES string of the molecule is CCCCCCCCC(CCC)c1ccc(O)c(N=Nc2ccccc2[N+](=O)[O-])c1. The van der Waals surface area contributed by atoms with Crippen LogP contribution in [0.25, 0.3) is 0 Å². The van der Waals surface area contributed by atoms with Crippen LogP contribution in [-0.2, 0) is 0 Å². The molecule has 2 aromatic rings. The number of phenolic OH excluding ortho intramolecular Hbond substituents is 1. The Labute approximate surface area is 179 Å². The molecule has 6 nitrogen and oxygen atoms in total. The third-order valence-electron chi connectivity index (χ3n) is 5.36. The molecule has 30 heavy (non-hydrogen) atoms. The molecule has 0 saturated heterocycles. The van der Waals surface area contributed by atoms with E-state index in [9.17, 15) is 15.2 Å². The molecule has 0 spiro atoms. The summed E-state index contributed by atoms with van der Waals surface area (Å²) in [6, 6.07) is 11.7. The van der Waals surface area contributed by atoms with Gasteiger partial charge >= 0.3 is 0 Å². The Morgan fingerprint density at radius 3 is 2.33 bits per heavy atom. The molecule has 1 N–H and O–H groups in total. The Hall–Kier alpha value is -2.76. The van der Waals surface area contributed by atoms with Crippen molar-refractivity contribution in [1.82, 2.24) is 0 Å². The highest BCUT2D eigenvalue weighted by Gasteiger charge is 2.14. The number of benzene rings is 2. The molecule has 0 saturated carbocycles. The zero-order valence-electron chi connectivity index (χ0n) is 18.1. The number of hydrogen-bond acceptors (Lipinski definition) is 5. The first-order valence-electron chi connectivity index (χ1n) is 11.0. The molecule has 162 valence electrons. The standard InChI is InChI=1S/C24H33N3O3/c1-3-5-6-7-8-9-13-19(12-4-2)20-16-17-24(28)22(18-20)26-25-21-14-10-11-15-23(21)27(29)30/h10-11,14-19,28H,3-9,12-13H2,1-2H3. The van der Waals surface area contributed by atoms with Crippen LogP contribution in [0.1, 0.15) is 83.1 Å². The van der Waals surface area contributed by atoms with Crippen LogP contribution < -0.4 is 0 Å². The fraction of sp³-hybridized carbons (Fsp3) is 0.500. The predicted molar refractivity (Wildman–Crippen MR) is 121 cm³/mol. The number of hydrogen-bond donors (Lipinski definition) is 1. The molecule has 0 aromatic heterocycles. The fourth-order valence-corrected chi connectivity index (χ4v) is 3.68. The van der Waals surface area contributed by atoms with Crippen molar-refractivity contribution in [2.45, 2.75) is 77.6 Å². The largest absolute Gasteiger partial charge is 0.506 e. The molecule has 6 heteroatoms. The summed E-state index contributed by atoms with van der Waals surface area (Å²) in [5, 5.41) is 29.5. The van der Waals surface area contributed by atoms with Crippen LogP contribution in [0.5, 0.6) is 5.75 Å². The van der Waals surface area contributed by atoms with Crippen molar-refractivity contribution in [1.29, 1.82) is 0 Å². The molecule has 2 rings (SSSR count). The highest BCUT2D eigenvalue weighted by Crippen LogP contribution is 2.36. The summed E-state index contributed by atoms with van der Waals surface area (Å²) in [4.78, 5) is 10.7. The van der Waals surface area contributed by atoms with Crippen LogP contribution in [0.4, 0.5) is 17.1 Å². The Morgan fingerprint density at radius 1 is 0.900 bits per heavy atom. The average Bonchev–Trinajstić information content (AvgIpc) is 2.75. The average molecular weight is 412 g/mol. The van der Waals surface area contributed by atoms with E-state index >= 15 is 0 Å². The van der Waals surface area contributed by atoms with Gasteiger partial charge in [0.25, 0.3) is 5.69 Å². The van der Waals surface area contributed by atoms with Gasteiger partial charge in [0.05, 0.1) is 4.92 Å². The Bertz CT molecular complexity index is 836. The number of nitro benzene ring substituents is 1. The molecular formula is C24H33N3O3. The maximum absolute atomic E-state index is 11.2. The lowest BCUT2D eigenvalue weighted by atomic mass is 9.89. The number of para-hydroxylation sites is 1. The number of nitrogens with zero attached hydrogens (tertiary/aromatic N) is 3. The lowest BCUT2D eigenvalue weighted by Crippen LogP contribution is -1.99. The van der Waals surface area contributed by atoms with E-state index in [4.69, 9.17) is 0 Å². The van der Waals surface area contributed by atoms with Gasteiger partial charge in [-0.3, -0.25) is 10.1 Å². The molecule has 1 atom stereocenters. The van der Waals surface area contributed by atoms with Crippen molar-refractivity contribution in [3.63, 3.8) is 0 Å². The molecule has 1 unspecified atom stereocenters. The van der Waals surface area contributed by atoms with E-state index < -0.39 is 4.92 Å². The summed E-state index contributed by atoms with van der Waals surface area (Å²) in [6.45, 7) is 4.41. The smallest absolute Gasteiger partial charge is 0.296 e. The highest BCUT2D eigenvalue weighted by molar-refractivity contribution is 5.58. The summed E-state index contributed by atoms with van der Waals surface area (Å²) in [6.07, 6.45) is 10.9. The van der Waals surface area contributed by atoms with Crippen LogP contribution in [0, 0.1) is 10.1 Å². The quantitative estimate of drug-likeness (QED) is 0.155. The molecule has 0 aliphatic rings. The van der Waals surface area contributed by atoms with Crippen molar-refractivity contribution in [2.24, 2.45) is 10.2 Å². The van der Waals surface area contributed by atoms with E-state index in [1.165, 1.54) is 44.6 Å². The second-order valence-corrected chi connectivity index (χ2v) is 7.74. The second kappa shape index (κ2) is 12.7. The molecule has 0 amide bonds. The van der Waals surface area contributed by atoms with Crippen LogP contribution in [0.15, 0.2) is 52.7 Å². The molecule has 0 aliphatic carbocycles. The zero-order valence-corrected chi connectivity index (χ0v) is 18.1. The van der Waals surface area contributed by atoms with Gasteiger partial charge in [0.2, 0.25) is 0 Å². The van der Waals surface area contributed by atoms with Crippen molar-refractivity contribution < 1.29 is 10.0 Å². The number of phenols is 1. The second-order valence-electron chi connectivity index (χ2n) is 7.74. The molecular weight excluding hydrogens is 378 g/mol. The van der Waals surface area contributed by atoms with E-state index in [1.807, 2.05) is 12.1 Å². The number of nitro groups is 1. The minimum atomic E-state index is -0.484. The molecule has 0 fully saturated rings. The van der Waals surface area contributed by atoms with Crippen LogP contribution in [0.2, 0.25) is 0 Å². The minimum absolute atomic E-state index is 0.0240.